The third-order valence-electron chi connectivity index (χ3n) is 1.37. The molecule has 16 heavy (non-hydrogen) atoms. The number of carboxylic acid groups (broad SMARTS) is 2. The predicted octanol–water partition coefficient (Wildman–Crippen LogP) is 1.44. The predicted molar refractivity (Wildman–Crippen MR) is 51.0 cm³/mol. The molecule has 0 amide bonds. The molecule has 1 aromatic carbocycles. The first kappa shape index (κ1) is 11.7. The molecule has 0 unspecified atom stereocenters. The highest BCUT2D eigenvalue weighted by Crippen LogP contribution is 2.10. The van der Waals surface area contributed by atoms with Gasteiger partial charge in [0.25, 0.3) is 0 Å². The number of benzene rings is 1. The van der Waals surface area contributed by atoms with E-state index in [0.717, 1.165) is 0 Å². The molecule has 1 rings (SSSR count). The van der Waals surface area contributed by atoms with Gasteiger partial charge in [-0.3, -0.25) is 0 Å². The number of hydrogen-bond acceptors (Lipinski definition) is 5. The molecule has 0 heterocycles. The van der Waals surface area contributed by atoms with E-state index in [9.17, 15) is 9.59 Å². The highest BCUT2D eigenvalue weighted by atomic mass is 16.8. The zero-order chi connectivity index (χ0) is 12.0. The molecule has 0 radical (unpaired) electrons. The lowest BCUT2D eigenvalue weighted by Gasteiger charge is -2.10. The average Bonchev–Trinajstić information content (AvgIpc) is 2.16. The molecule has 0 spiro atoms. The van der Waals surface area contributed by atoms with Crippen LogP contribution in [0.3, 0.4) is 0 Å². The normalized spacial score (nSPS) is 9.00. The van der Waals surface area contributed by atoms with Crippen molar-refractivity contribution in [1.29, 1.82) is 0 Å². The van der Waals surface area contributed by atoms with E-state index in [4.69, 9.17) is 14.9 Å². The Morgan fingerprint density at radius 1 is 1.00 bits per heavy atom. The van der Waals surface area contributed by atoms with Gasteiger partial charge in [0.15, 0.2) is 0 Å². The van der Waals surface area contributed by atoms with Crippen LogP contribution in [0.4, 0.5) is 9.59 Å². The molecule has 0 aromatic heterocycles. The van der Waals surface area contributed by atoms with Gasteiger partial charge in [0, 0.05) is 0 Å². The molecule has 0 aliphatic heterocycles. The van der Waals surface area contributed by atoms with Gasteiger partial charge >= 0.3 is 19.6 Å². The fraction of sp³-hybridized carbons (Fsp3) is 0. The van der Waals surface area contributed by atoms with Gasteiger partial charge in [-0.05, 0) is 12.1 Å². The largest absolute Gasteiger partial charge is 0.873 e. The Labute approximate surface area is 90.3 Å². The minimum absolute atomic E-state index is 0.218. The Balaban J connectivity index is 2.63. The second-order valence-electron chi connectivity index (χ2n) is 2.49. The van der Waals surface area contributed by atoms with E-state index in [1.54, 1.807) is 18.2 Å². The first-order valence-corrected chi connectivity index (χ1v) is 4.09. The van der Waals surface area contributed by atoms with E-state index < -0.39 is 19.6 Å². The summed E-state index contributed by atoms with van der Waals surface area (Å²) in [7, 11) is -1.85. The monoisotopic (exact) mass is 226 g/mol. The summed E-state index contributed by atoms with van der Waals surface area (Å²) >= 11 is 0. The summed E-state index contributed by atoms with van der Waals surface area (Å²) in [6.45, 7) is 0. The second-order valence-corrected chi connectivity index (χ2v) is 2.49. The molecular weight excluding hydrogens is 219 g/mol. The van der Waals surface area contributed by atoms with Gasteiger partial charge in [-0.2, -0.15) is 0 Å². The summed E-state index contributed by atoms with van der Waals surface area (Å²) in [6, 6.07) is 7.92. The first-order valence-electron chi connectivity index (χ1n) is 4.09. The van der Waals surface area contributed by atoms with Crippen molar-refractivity contribution in [3.63, 3.8) is 0 Å². The van der Waals surface area contributed by atoms with Gasteiger partial charge in [0.2, 0.25) is 0 Å². The van der Waals surface area contributed by atoms with Crippen molar-refractivity contribution in [3.8, 4) is 5.75 Å². The van der Waals surface area contributed by atoms with Crippen molar-refractivity contribution in [2.24, 2.45) is 0 Å². The standard InChI is InChI=1S/C8H7BO7/c10-7(11)15-9(16-8(12)13)14-6-4-2-1-3-5-6/h1-5H,(H,10,11)(H,12,13). The van der Waals surface area contributed by atoms with Gasteiger partial charge < -0.3 is 24.2 Å². The topological polar surface area (TPSA) is 102 Å². The summed E-state index contributed by atoms with van der Waals surface area (Å²) in [5, 5.41) is 16.6. The molecule has 84 valence electrons. The van der Waals surface area contributed by atoms with Crippen LogP contribution in [0.2, 0.25) is 0 Å². The first-order chi connectivity index (χ1) is 7.58. The lowest BCUT2D eigenvalue weighted by molar-refractivity contribution is 0.0959. The summed E-state index contributed by atoms with van der Waals surface area (Å²) in [4.78, 5) is 20.4. The van der Waals surface area contributed by atoms with Gasteiger partial charge in [-0.1, -0.05) is 18.2 Å². The van der Waals surface area contributed by atoms with E-state index in [2.05, 4.69) is 9.31 Å². The minimum atomic E-state index is -1.85. The number of hydrogen-bond donors (Lipinski definition) is 2. The third-order valence-corrected chi connectivity index (χ3v) is 1.37. The van der Waals surface area contributed by atoms with Crippen LogP contribution in [-0.2, 0) is 9.31 Å². The van der Waals surface area contributed by atoms with Crippen molar-refractivity contribution in [3.05, 3.63) is 30.3 Å². The molecule has 2 N–H and O–H groups in total. The Morgan fingerprint density at radius 2 is 1.50 bits per heavy atom. The number of carbonyl (C=O) groups is 2. The molecule has 8 heteroatoms. The molecule has 0 saturated heterocycles. The average molecular weight is 226 g/mol. The summed E-state index contributed by atoms with van der Waals surface area (Å²) in [5.74, 6) is 0.218. The van der Waals surface area contributed by atoms with E-state index in [1.165, 1.54) is 12.1 Å². The van der Waals surface area contributed by atoms with Gasteiger partial charge in [0.1, 0.15) is 5.75 Å². The highest BCUT2D eigenvalue weighted by molar-refractivity contribution is 6.42. The van der Waals surface area contributed by atoms with Crippen LogP contribution in [0.25, 0.3) is 0 Å². The molecule has 0 aliphatic carbocycles. The number of para-hydroxylation sites is 1. The summed E-state index contributed by atoms with van der Waals surface area (Å²) in [6.07, 6.45) is -3.41. The van der Waals surface area contributed by atoms with Gasteiger partial charge in [0.05, 0.1) is 0 Å². The van der Waals surface area contributed by atoms with E-state index in [0.29, 0.717) is 0 Å². The smallest absolute Gasteiger partial charge is 0.489 e. The van der Waals surface area contributed by atoms with Gasteiger partial charge in [-0.25, -0.2) is 9.59 Å². The molecule has 0 fully saturated rings. The van der Waals surface area contributed by atoms with Crippen LogP contribution in [0.5, 0.6) is 5.75 Å². The van der Waals surface area contributed by atoms with Crippen molar-refractivity contribution in [2.75, 3.05) is 0 Å². The third kappa shape index (κ3) is 4.22. The molecule has 0 saturated carbocycles. The molecule has 7 nitrogen and oxygen atoms in total. The minimum Gasteiger partial charge on any atom is -0.489 e. The lowest BCUT2D eigenvalue weighted by atomic mass is 10.2. The van der Waals surface area contributed by atoms with Crippen molar-refractivity contribution in [2.45, 2.75) is 0 Å². The van der Waals surface area contributed by atoms with E-state index in [-0.39, 0.29) is 5.75 Å². The van der Waals surface area contributed by atoms with Crippen molar-refractivity contribution < 1.29 is 33.8 Å². The zero-order valence-corrected chi connectivity index (χ0v) is 7.90. The summed E-state index contributed by atoms with van der Waals surface area (Å²) < 4.78 is 12.9. The fourth-order valence-corrected chi connectivity index (χ4v) is 0.847. The van der Waals surface area contributed by atoms with Crippen LogP contribution in [0.15, 0.2) is 30.3 Å². The quantitative estimate of drug-likeness (QED) is 0.748. The molecule has 0 atom stereocenters. The van der Waals surface area contributed by atoms with Crippen LogP contribution in [-0.4, -0.2) is 29.8 Å². The van der Waals surface area contributed by atoms with E-state index >= 15 is 0 Å². The van der Waals surface area contributed by atoms with Crippen LogP contribution < -0.4 is 4.65 Å². The zero-order valence-electron chi connectivity index (χ0n) is 7.90. The SMILES string of the molecule is O=C(O)OB(OC(=O)O)Oc1ccccc1. The molecular formula is C8H7BO7. The number of rotatable bonds is 4. The maximum Gasteiger partial charge on any atom is 0.873 e. The Kier molecular flexibility index (Phi) is 4.02. The van der Waals surface area contributed by atoms with Crippen molar-refractivity contribution in [1.82, 2.24) is 0 Å². The Hall–Kier alpha value is -2.38. The molecule has 0 bridgehead atoms. The fourth-order valence-electron chi connectivity index (χ4n) is 0.847. The molecule has 1 aromatic rings. The maximum absolute atomic E-state index is 10.2. The van der Waals surface area contributed by atoms with Crippen LogP contribution in [0, 0.1) is 0 Å². The van der Waals surface area contributed by atoms with Gasteiger partial charge in [-0.15, -0.1) is 0 Å². The van der Waals surface area contributed by atoms with Crippen molar-refractivity contribution >= 4 is 19.6 Å². The van der Waals surface area contributed by atoms with Crippen LogP contribution >= 0.6 is 0 Å². The second kappa shape index (κ2) is 5.49. The Bertz CT molecular complexity index is 350. The molecule has 0 aliphatic rings. The summed E-state index contributed by atoms with van der Waals surface area (Å²) in [5.41, 5.74) is 0. The Morgan fingerprint density at radius 3 is 1.94 bits per heavy atom. The van der Waals surface area contributed by atoms with Crippen LogP contribution in [0.1, 0.15) is 0 Å². The lowest BCUT2D eigenvalue weighted by Crippen LogP contribution is -2.34. The van der Waals surface area contributed by atoms with E-state index in [1.807, 2.05) is 0 Å². The highest BCUT2D eigenvalue weighted by Gasteiger charge is 2.34. The maximum atomic E-state index is 10.2.